The normalized spacial score (nSPS) is 12.6. The minimum atomic E-state index is -4.46. The van der Waals surface area contributed by atoms with Gasteiger partial charge in [0.15, 0.2) is 0 Å². The number of non-ortho nitro benzene ring substituents is 1. The first-order chi connectivity index (χ1) is 7.30. The first kappa shape index (κ1) is 12.7. The number of alkyl halides is 3. The summed E-state index contributed by atoms with van der Waals surface area (Å²) < 4.78 is 35.4. The van der Waals surface area contributed by atoms with E-state index in [0.717, 1.165) is 18.2 Å². The highest BCUT2D eigenvalue weighted by Gasteiger charge is 2.31. The fourth-order valence-corrected chi connectivity index (χ4v) is 1.18. The van der Waals surface area contributed by atoms with Gasteiger partial charge >= 0.3 is 6.18 Å². The van der Waals surface area contributed by atoms with Crippen LogP contribution in [0.4, 0.5) is 18.9 Å². The lowest BCUT2D eigenvalue weighted by atomic mass is 10.2. The smallest absolute Gasteiger partial charge is 0.258 e. The standard InChI is InChI=1S/C9H5BrF3NO2/c10-8(9(11,12)13)5-6-1-3-7(4-2-6)14(15)16/h1-5H. The molecule has 0 saturated heterocycles. The molecule has 0 saturated carbocycles. The Hall–Kier alpha value is -1.37. The number of hydrogen-bond acceptors (Lipinski definition) is 2. The maximum Gasteiger partial charge on any atom is 0.422 e. The van der Waals surface area contributed by atoms with Gasteiger partial charge in [0, 0.05) is 12.1 Å². The number of benzene rings is 1. The molecule has 1 aromatic carbocycles. The highest BCUT2D eigenvalue weighted by Crippen LogP contribution is 2.32. The van der Waals surface area contributed by atoms with E-state index in [1.807, 2.05) is 0 Å². The summed E-state index contributed by atoms with van der Waals surface area (Å²) >= 11 is 2.38. The third-order valence-corrected chi connectivity index (χ3v) is 2.35. The van der Waals surface area contributed by atoms with E-state index in [2.05, 4.69) is 15.9 Å². The van der Waals surface area contributed by atoms with Crippen LogP contribution in [0.3, 0.4) is 0 Å². The summed E-state index contributed by atoms with van der Waals surface area (Å²) in [5.41, 5.74) is 0.0649. The molecule has 1 aromatic rings. The minimum absolute atomic E-state index is 0.166. The van der Waals surface area contributed by atoms with Crippen LogP contribution in [-0.4, -0.2) is 11.1 Å². The average molecular weight is 296 g/mol. The van der Waals surface area contributed by atoms with E-state index in [1.165, 1.54) is 12.1 Å². The zero-order valence-electron chi connectivity index (χ0n) is 7.66. The Morgan fingerprint density at radius 2 is 1.81 bits per heavy atom. The van der Waals surface area contributed by atoms with Crippen LogP contribution in [0.15, 0.2) is 28.7 Å². The van der Waals surface area contributed by atoms with Gasteiger partial charge in [0.1, 0.15) is 0 Å². The summed E-state index contributed by atoms with van der Waals surface area (Å²) in [5.74, 6) is 0. The van der Waals surface area contributed by atoms with Gasteiger partial charge in [-0.1, -0.05) is 0 Å². The zero-order valence-corrected chi connectivity index (χ0v) is 9.25. The van der Waals surface area contributed by atoms with Crippen LogP contribution in [0, 0.1) is 10.1 Å². The molecule has 1 rings (SSSR count). The molecule has 0 heterocycles. The van der Waals surface area contributed by atoms with Crippen molar-refractivity contribution in [2.45, 2.75) is 6.18 Å². The SMILES string of the molecule is O=[N+]([O-])c1ccc(C=C(Br)C(F)(F)F)cc1. The second-order valence-corrected chi connectivity index (χ2v) is 3.69. The number of allylic oxidation sites excluding steroid dienone is 1. The maximum atomic E-state index is 12.1. The van der Waals surface area contributed by atoms with Gasteiger partial charge in [-0.25, -0.2) is 0 Å². The molecule has 86 valence electrons. The minimum Gasteiger partial charge on any atom is -0.258 e. The Balaban J connectivity index is 2.96. The zero-order chi connectivity index (χ0) is 12.3. The molecule has 0 radical (unpaired) electrons. The van der Waals surface area contributed by atoms with Crippen molar-refractivity contribution < 1.29 is 18.1 Å². The lowest BCUT2D eigenvalue weighted by Gasteiger charge is -2.04. The topological polar surface area (TPSA) is 43.1 Å². The van der Waals surface area contributed by atoms with E-state index in [4.69, 9.17) is 0 Å². The molecule has 0 fully saturated rings. The van der Waals surface area contributed by atoms with Crippen LogP contribution in [0.5, 0.6) is 0 Å². The van der Waals surface area contributed by atoms with Crippen molar-refractivity contribution in [3.8, 4) is 0 Å². The lowest BCUT2D eigenvalue weighted by Crippen LogP contribution is -2.06. The molecule has 0 aliphatic heterocycles. The summed E-state index contributed by atoms with van der Waals surface area (Å²) in [6.45, 7) is 0. The molecule has 0 amide bonds. The molecule has 0 unspecified atom stereocenters. The van der Waals surface area contributed by atoms with Crippen molar-refractivity contribution in [1.82, 2.24) is 0 Å². The molecule has 3 nitrogen and oxygen atoms in total. The highest BCUT2D eigenvalue weighted by atomic mass is 79.9. The van der Waals surface area contributed by atoms with Crippen molar-refractivity contribution in [1.29, 1.82) is 0 Å². The largest absolute Gasteiger partial charge is 0.422 e. The third kappa shape index (κ3) is 3.34. The number of nitro benzene ring substituents is 1. The number of nitrogens with zero attached hydrogens (tertiary/aromatic N) is 1. The molecular weight excluding hydrogens is 291 g/mol. The first-order valence-electron chi connectivity index (χ1n) is 3.99. The van der Waals surface area contributed by atoms with Crippen LogP contribution in [-0.2, 0) is 0 Å². The van der Waals surface area contributed by atoms with E-state index >= 15 is 0 Å². The number of nitro groups is 1. The fourth-order valence-electron chi connectivity index (χ4n) is 0.920. The summed E-state index contributed by atoms with van der Waals surface area (Å²) in [4.78, 5) is 9.68. The molecule has 0 aliphatic rings. The van der Waals surface area contributed by atoms with Gasteiger partial charge in [0.05, 0.1) is 9.41 Å². The fraction of sp³-hybridized carbons (Fsp3) is 0.111. The van der Waals surface area contributed by atoms with E-state index in [0.29, 0.717) is 0 Å². The van der Waals surface area contributed by atoms with Crippen molar-refractivity contribution in [2.24, 2.45) is 0 Å². The Bertz CT molecular complexity index is 425. The molecular formula is C9H5BrF3NO2. The van der Waals surface area contributed by atoms with E-state index in [9.17, 15) is 23.3 Å². The van der Waals surface area contributed by atoms with Gasteiger partial charge in [-0.15, -0.1) is 0 Å². The van der Waals surface area contributed by atoms with Crippen molar-refractivity contribution in [3.63, 3.8) is 0 Å². The number of halogens is 4. The van der Waals surface area contributed by atoms with Gasteiger partial charge < -0.3 is 0 Å². The van der Waals surface area contributed by atoms with Crippen LogP contribution >= 0.6 is 15.9 Å². The third-order valence-electron chi connectivity index (χ3n) is 1.67. The Kier molecular flexibility index (Phi) is 3.69. The van der Waals surface area contributed by atoms with Crippen molar-refractivity contribution in [2.75, 3.05) is 0 Å². The monoisotopic (exact) mass is 295 g/mol. The van der Waals surface area contributed by atoms with Gasteiger partial charge in [-0.05, 0) is 39.7 Å². The maximum absolute atomic E-state index is 12.1. The van der Waals surface area contributed by atoms with Gasteiger partial charge in [-0.2, -0.15) is 13.2 Å². The predicted molar refractivity (Wildman–Crippen MR) is 56.1 cm³/mol. The summed E-state index contributed by atoms with van der Waals surface area (Å²) in [5, 5.41) is 10.3. The summed E-state index contributed by atoms with van der Waals surface area (Å²) in [6, 6.07) is 4.77. The predicted octanol–water partition coefficient (Wildman–Crippen LogP) is 3.89. The molecule has 0 aromatic heterocycles. The number of rotatable bonds is 2. The molecule has 7 heteroatoms. The summed E-state index contributed by atoms with van der Waals surface area (Å²) in [7, 11) is 0. The van der Waals surface area contributed by atoms with Gasteiger partial charge in [0.25, 0.3) is 5.69 Å². The van der Waals surface area contributed by atoms with Crippen molar-refractivity contribution in [3.05, 3.63) is 44.4 Å². The average Bonchev–Trinajstić information content (AvgIpc) is 2.17. The van der Waals surface area contributed by atoms with Crippen LogP contribution in [0.1, 0.15) is 5.56 Å². The first-order valence-corrected chi connectivity index (χ1v) is 4.79. The Labute approximate surface area is 96.9 Å². The Morgan fingerprint density at radius 1 is 1.31 bits per heavy atom. The Morgan fingerprint density at radius 3 is 2.19 bits per heavy atom. The number of hydrogen-bond donors (Lipinski definition) is 0. The van der Waals surface area contributed by atoms with Crippen molar-refractivity contribution >= 4 is 27.7 Å². The lowest BCUT2D eigenvalue weighted by molar-refractivity contribution is -0.384. The molecule has 0 bridgehead atoms. The molecule has 0 spiro atoms. The molecule has 0 atom stereocenters. The molecule has 0 N–H and O–H groups in total. The van der Waals surface area contributed by atoms with E-state index < -0.39 is 15.6 Å². The second-order valence-electron chi connectivity index (χ2n) is 2.84. The second kappa shape index (κ2) is 4.65. The van der Waals surface area contributed by atoms with Gasteiger partial charge in [0.2, 0.25) is 0 Å². The van der Waals surface area contributed by atoms with E-state index in [1.54, 1.807) is 0 Å². The highest BCUT2D eigenvalue weighted by molar-refractivity contribution is 9.11. The molecule has 16 heavy (non-hydrogen) atoms. The van der Waals surface area contributed by atoms with Gasteiger partial charge in [-0.3, -0.25) is 10.1 Å². The van der Waals surface area contributed by atoms with Crippen LogP contribution < -0.4 is 0 Å². The quantitative estimate of drug-likeness (QED) is 0.613. The van der Waals surface area contributed by atoms with E-state index in [-0.39, 0.29) is 11.3 Å². The van der Waals surface area contributed by atoms with Crippen LogP contribution in [0.2, 0.25) is 0 Å². The van der Waals surface area contributed by atoms with Crippen LogP contribution in [0.25, 0.3) is 6.08 Å². The molecule has 0 aliphatic carbocycles. The summed E-state index contributed by atoms with van der Waals surface area (Å²) in [6.07, 6.45) is -3.61.